The first kappa shape index (κ1) is 23.2. The van der Waals surface area contributed by atoms with Crippen LogP contribution < -0.4 is 11.1 Å². The van der Waals surface area contributed by atoms with Crippen LogP contribution in [-0.4, -0.2) is 30.6 Å². The van der Waals surface area contributed by atoms with Gasteiger partial charge in [0.25, 0.3) is 0 Å². The molecule has 0 aromatic heterocycles. The van der Waals surface area contributed by atoms with Crippen molar-refractivity contribution in [2.75, 3.05) is 19.6 Å². The summed E-state index contributed by atoms with van der Waals surface area (Å²) in [5.74, 6) is 0. The van der Waals surface area contributed by atoms with E-state index in [0.29, 0.717) is 6.04 Å². The molecule has 0 aliphatic carbocycles. The van der Waals surface area contributed by atoms with Crippen LogP contribution in [0.2, 0.25) is 0 Å². The van der Waals surface area contributed by atoms with Crippen molar-refractivity contribution >= 4 is 0 Å². The normalized spacial score (nSPS) is 12.2. The molecule has 0 saturated heterocycles. The summed E-state index contributed by atoms with van der Waals surface area (Å²) < 4.78 is 0. The fourth-order valence-corrected chi connectivity index (χ4v) is 4.04. The van der Waals surface area contributed by atoms with E-state index < -0.39 is 0 Å². The Kier molecular flexibility index (Phi) is 10.3. The molecule has 0 radical (unpaired) electrons. The average Bonchev–Trinajstić information content (AvgIpc) is 2.82. The number of unbranched alkanes of at least 4 members (excludes halogenated alkanes) is 1. The van der Waals surface area contributed by atoms with Gasteiger partial charge >= 0.3 is 0 Å². The second-order valence-electron chi connectivity index (χ2n) is 8.25. The quantitative estimate of drug-likeness (QED) is 0.363. The molecule has 3 aromatic rings. The van der Waals surface area contributed by atoms with Gasteiger partial charge in [0.05, 0.1) is 0 Å². The predicted octanol–water partition coefficient (Wildman–Crippen LogP) is 5.02. The zero-order valence-corrected chi connectivity index (χ0v) is 18.6. The fourth-order valence-electron chi connectivity index (χ4n) is 4.04. The number of hydrogen-bond donors (Lipinski definition) is 2. The van der Waals surface area contributed by atoms with Gasteiger partial charge in [-0.2, -0.15) is 0 Å². The van der Waals surface area contributed by atoms with Crippen LogP contribution in [0.25, 0.3) is 0 Å². The molecule has 3 nitrogen and oxygen atoms in total. The smallest absolute Gasteiger partial charge is 0.0240 e. The zero-order chi connectivity index (χ0) is 21.6. The van der Waals surface area contributed by atoms with Crippen molar-refractivity contribution in [1.82, 2.24) is 10.2 Å². The maximum absolute atomic E-state index is 5.63. The third-order valence-corrected chi connectivity index (χ3v) is 5.75. The molecule has 3 N–H and O–H groups in total. The van der Waals surface area contributed by atoms with E-state index >= 15 is 0 Å². The van der Waals surface area contributed by atoms with Crippen molar-refractivity contribution < 1.29 is 0 Å². The van der Waals surface area contributed by atoms with Gasteiger partial charge in [-0.15, -0.1) is 0 Å². The van der Waals surface area contributed by atoms with Gasteiger partial charge in [-0.3, -0.25) is 4.90 Å². The Balaban J connectivity index is 1.74. The van der Waals surface area contributed by atoms with Crippen molar-refractivity contribution in [2.24, 2.45) is 5.73 Å². The Morgan fingerprint density at radius 1 is 0.645 bits per heavy atom. The summed E-state index contributed by atoms with van der Waals surface area (Å²) in [5.41, 5.74) is 9.77. The van der Waals surface area contributed by atoms with Gasteiger partial charge in [0.1, 0.15) is 0 Å². The predicted molar refractivity (Wildman–Crippen MR) is 132 cm³/mol. The summed E-state index contributed by atoms with van der Waals surface area (Å²) >= 11 is 0. The minimum absolute atomic E-state index is 0.463. The molecule has 0 fully saturated rings. The number of benzene rings is 3. The molecule has 0 heterocycles. The molecule has 1 atom stereocenters. The lowest BCUT2D eigenvalue weighted by Gasteiger charge is -2.32. The van der Waals surface area contributed by atoms with Crippen molar-refractivity contribution in [2.45, 2.75) is 44.8 Å². The Morgan fingerprint density at radius 2 is 1.16 bits per heavy atom. The second-order valence-corrected chi connectivity index (χ2v) is 8.25. The first-order chi connectivity index (χ1) is 15.3. The summed E-state index contributed by atoms with van der Waals surface area (Å²) in [7, 11) is 0. The molecule has 164 valence electrons. The van der Waals surface area contributed by atoms with Gasteiger partial charge in [-0.1, -0.05) is 91.0 Å². The molecule has 0 spiro atoms. The standard InChI is InChI=1S/C28H37N3/c29-19-10-11-20-30-21-18-28(22-25-12-4-1-5-13-25)31(23-26-14-6-2-7-15-26)24-27-16-8-3-9-17-27/h1-9,12-17,28,30H,10-11,18-24,29H2. The van der Waals surface area contributed by atoms with E-state index in [4.69, 9.17) is 5.73 Å². The highest BCUT2D eigenvalue weighted by atomic mass is 15.2. The van der Waals surface area contributed by atoms with E-state index in [1.807, 2.05) is 0 Å². The molecule has 3 aromatic carbocycles. The fraction of sp³-hybridized carbons (Fsp3) is 0.357. The number of nitrogens with one attached hydrogen (secondary N) is 1. The molecule has 0 aliphatic heterocycles. The highest BCUT2D eigenvalue weighted by molar-refractivity contribution is 5.19. The lowest BCUT2D eigenvalue weighted by atomic mass is 10.00. The molecule has 0 aliphatic rings. The SMILES string of the molecule is NCCCCNCCC(Cc1ccccc1)N(Cc1ccccc1)Cc1ccccc1. The van der Waals surface area contributed by atoms with Crippen LogP contribution in [0.15, 0.2) is 91.0 Å². The van der Waals surface area contributed by atoms with E-state index in [1.165, 1.54) is 16.7 Å². The minimum Gasteiger partial charge on any atom is -0.330 e. The summed E-state index contributed by atoms with van der Waals surface area (Å²) in [6.45, 7) is 4.77. The van der Waals surface area contributed by atoms with Gasteiger partial charge in [-0.25, -0.2) is 0 Å². The van der Waals surface area contributed by atoms with Crippen LogP contribution in [0.3, 0.4) is 0 Å². The third-order valence-electron chi connectivity index (χ3n) is 5.75. The van der Waals surface area contributed by atoms with E-state index in [0.717, 1.165) is 58.4 Å². The largest absolute Gasteiger partial charge is 0.330 e. The first-order valence-corrected chi connectivity index (χ1v) is 11.6. The highest BCUT2D eigenvalue weighted by Gasteiger charge is 2.19. The lowest BCUT2D eigenvalue weighted by molar-refractivity contribution is 0.166. The zero-order valence-electron chi connectivity index (χ0n) is 18.6. The summed E-state index contributed by atoms with van der Waals surface area (Å²) in [5, 5.41) is 3.64. The van der Waals surface area contributed by atoms with E-state index in [9.17, 15) is 0 Å². The van der Waals surface area contributed by atoms with Crippen LogP contribution in [-0.2, 0) is 19.5 Å². The van der Waals surface area contributed by atoms with E-state index in [2.05, 4.69) is 101 Å². The number of hydrogen-bond acceptors (Lipinski definition) is 3. The molecule has 0 saturated carbocycles. The maximum Gasteiger partial charge on any atom is 0.0240 e. The number of nitrogens with zero attached hydrogens (tertiary/aromatic N) is 1. The van der Waals surface area contributed by atoms with Crippen LogP contribution in [0.4, 0.5) is 0 Å². The van der Waals surface area contributed by atoms with Gasteiger partial charge in [0.15, 0.2) is 0 Å². The van der Waals surface area contributed by atoms with Crippen LogP contribution in [0.1, 0.15) is 36.0 Å². The van der Waals surface area contributed by atoms with Gasteiger partial charge in [-0.05, 0) is 62.0 Å². The van der Waals surface area contributed by atoms with E-state index in [1.54, 1.807) is 0 Å². The van der Waals surface area contributed by atoms with Gasteiger partial charge in [0, 0.05) is 19.1 Å². The summed E-state index contributed by atoms with van der Waals surface area (Å²) in [4.78, 5) is 2.65. The molecular formula is C28H37N3. The maximum atomic E-state index is 5.63. The second kappa shape index (κ2) is 13.8. The van der Waals surface area contributed by atoms with Crippen molar-refractivity contribution in [1.29, 1.82) is 0 Å². The van der Waals surface area contributed by atoms with Crippen molar-refractivity contribution in [3.8, 4) is 0 Å². The molecule has 3 rings (SSSR count). The summed E-state index contributed by atoms with van der Waals surface area (Å²) in [6, 6.07) is 33.1. The number of nitrogens with two attached hydrogens (primary N) is 1. The van der Waals surface area contributed by atoms with Gasteiger partial charge in [0.2, 0.25) is 0 Å². The van der Waals surface area contributed by atoms with E-state index in [-0.39, 0.29) is 0 Å². The Hall–Kier alpha value is -2.46. The monoisotopic (exact) mass is 415 g/mol. The van der Waals surface area contributed by atoms with Gasteiger partial charge < -0.3 is 11.1 Å². The minimum atomic E-state index is 0.463. The Morgan fingerprint density at radius 3 is 1.68 bits per heavy atom. The third kappa shape index (κ3) is 8.66. The Labute approximate surface area is 188 Å². The van der Waals surface area contributed by atoms with Crippen LogP contribution in [0, 0.1) is 0 Å². The van der Waals surface area contributed by atoms with Crippen molar-refractivity contribution in [3.05, 3.63) is 108 Å². The number of rotatable bonds is 14. The summed E-state index contributed by atoms with van der Waals surface area (Å²) in [6.07, 6.45) is 4.42. The lowest BCUT2D eigenvalue weighted by Crippen LogP contribution is -2.38. The molecular weight excluding hydrogens is 378 g/mol. The van der Waals surface area contributed by atoms with Crippen LogP contribution >= 0.6 is 0 Å². The van der Waals surface area contributed by atoms with Crippen molar-refractivity contribution in [3.63, 3.8) is 0 Å². The first-order valence-electron chi connectivity index (χ1n) is 11.6. The molecule has 3 heteroatoms. The molecule has 31 heavy (non-hydrogen) atoms. The average molecular weight is 416 g/mol. The highest BCUT2D eigenvalue weighted by Crippen LogP contribution is 2.19. The molecule has 0 amide bonds. The van der Waals surface area contributed by atoms with Crippen LogP contribution in [0.5, 0.6) is 0 Å². The molecule has 1 unspecified atom stereocenters. The Bertz CT molecular complexity index is 779. The topological polar surface area (TPSA) is 41.3 Å². The molecule has 0 bridgehead atoms.